The lowest BCUT2D eigenvalue weighted by molar-refractivity contribution is -0.119. The maximum atomic E-state index is 11.6. The van der Waals surface area contributed by atoms with E-state index in [-0.39, 0.29) is 23.0 Å². The van der Waals surface area contributed by atoms with Gasteiger partial charge in [0, 0.05) is 12.3 Å². The van der Waals surface area contributed by atoms with Gasteiger partial charge in [0.05, 0.1) is 11.7 Å². The number of aliphatic hydroxyl groups is 2. The molecule has 18 heavy (non-hydrogen) atoms. The Morgan fingerprint density at radius 1 is 1.39 bits per heavy atom. The molecule has 0 aromatic heterocycles. The molecular formula is C15H24O3. The molecule has 3 heteroatoms. The summed E-state index contributed by atoms with van der Waals surface area (Å²) in [5.74, 6) is 0.321. The average molecular weight is 252 g/mol. The molecule has 4 atom stereocenters. The molecule has 2 aliphatic rings. The van der Waals surface area contributed by atoms with Gasteiger partial charge in [-0.1, -0.05) is 19.4 Å². The molecule has 102 valence electrons. The molecule has 3 nitrogen and oxygen atoms in total. The maximum absolute atomic E-state index is 11.6. The van der Waals surface area contributed by atoms with Gasteiger partial charge in [-0.2, -0.15) is 0 Å². The van der Waals surface area contributed by atoms with Crippen molar-refractivity contribution in [3.63, 3.8) is 0 Å². The molecule has 0 radical (unpaired) electrons. The van der Waals surface area contributed by atoms with Crippen molar-refractivity contribution in [2.75, 3.05) is 0 Å². The van der Waals surface area contributed by atoms with E-state index in [0.717, 1.165) is 12.0 Å². The highest BCUT2D eigenvalue weighted by Crippen LogP contribution is 2.53. The zero-order chi connectivity index (χ0) is 13.7. The van der Waals surface area contributed by atoms with E-state index in [1.807, 2.05) is 0 Å². The molecule has 0 aromatic rings. The molecule has 2 N–H and O–H groups in total. The van der Waals surface area contributed by atoms with Crippen molar-refractivity contribution in [2.45, 2.75) is 58.7 Å². The summed E-state index contributed by atoms with van der Waals surface area (Å²) in [6, 6.07) is 0. The third kappa shape index (κ3) is 2.14. The number of hydrogen-bond acceptors (Lipinski definition) is 3. The predicted octanol–water partition coefficient (Wildman–Crippen LogP) is 2.07. The van der Waals surface area contributed by atoms with E-state index in [4.69, 9.17) is 0 Å². The summed E-state index contributed by atoms with van der Waals surface area (Å²) >= 11 is 0. The first kappa shape index (κ1) is 13.8. The van der Waals surface area contributed by atoms with Crippen molar-refractivity contribution in [3.8, 4) is 0 Å². The van der Waals surface area contributed by atoms with E-state index in [9.17, 15) is 15.0 Å². The number of allylic oxidation sites excluding steroid dienone is 1. The SMILES string of the molecule is CC1CC(=O)C=C2CC(O)C(C(C)(C)O)CC21C. The lowest BCUT2D eigenvalue weighted by atomic mass is 9.55. The largest absolute Gasteiger partial charge is 0.392 e. The summed E-state index contributed by atoms with van der Waals surface area (Å²) in [6.45, 7) is 7.79. The van der Waals surface area contributed by atoms with Crippen LogP contribution in [0, 0.1) is 17.3 Å². The summed E-state index contributed by atoms with van der Waals surface area (Å²) in [7, 11) is 0. The van der Waals surface area contributed by atoms with Crippen LogP contribution in [0.4, 0.5) is 0 Å². The van der Waals surface area contributed by atoms with E-state index in [2.05, 4.69) is 13.8 Å². The van der Waals surface area contributed by atoms with Gasteiger partial charge in [0.2, 0.25) is 0 Å². The lowest BCUT2D eigenvalue weighted by Crippen LogP contribution is -2.50. The second-order valence-electron chi connectivity index (χ2n) is 6.89. The fraction of sp³-hybridized carbons (Fsp3) is 0.800. The van der Waals surface area contributed by atoms with Crippen LogP contribution in [-0.4, -0.2) is 27.7 Å². The minimum atomic E-state index is -0.880. The van der Waals surface area contributed by atoms with Crippen molar-refractivity contribution in [1.29, 1.82) is 0 Å². The molecule has 1 saturated carbocycles. The van der Waals surface area contributed by atoms with Crippen molar-refractivity contribution >= 4 is 5.78 Å². The van der Waals surface area contributed by atoms with Crippen LogP contribution in [0.5, 0.6) is 0 Å². The molecule has 0 aromatic carbocycles. The Morgan fingerprint density at radius 3 is 2.56 bits per heavy atom. The Morgan fingerprint density at radius 2 is 2.00 bits per heavy atom. The Labute approximate surface area is 109 Å². The quantitative estimate of drug-likeness (QED) is 0.751. The van der Waals surface area contributed by atoms with Crippen molar-refractivity contribution < 1.29 is 15.0 Å². The molecule has 4 unspecified atom stereocenters. The number of aliphatic hydroxyl groups excluding tert-OH is 1. The van der Waals surface area contributed by atoms with Crippen molar-refractivity contribution in [1.82, 2.24) is 0 Å². The Bertz CT molecular complexity index is 391. The summed E-state index contributed by atoms with van der Waals surface area (Å²) in [4.78, 5) is 11.6. The standard InChI is InChI=1S/C15H24O3/c1-9-5-11(16)6-10-7-13(17)12(14(2,3)18)8-15(9,10)4/h6,9,12-13,17-18H,5,7-8H2,1-4H3. The summed E-state index contributed by atoms with van der Waals surface area (Å²) < 4.78 is 0. The number of carbonyl (C=O) groups excluding carboxylic acids is 1. The maximum Gasteiger partial charge on any atom is 0.155 e. The Kier molecular flexibility index (Phi) is 3.19. The smallest absolute Gasteiger partial charge is 0.155 e. The van der Waals surface area contributed by atoms with Gasteiger partial charge in [-0.15, -0.1) is 0 Å². The minimum Gasteiger partial charge on any atom is -0.392 e. The van der Waals surface area contributed by atoms with Crippen LogP contribution in [0.1, 0.15) is 47.0 Å². The number of carbonyl (C=O) groups is 1. The Hall–Kier alpha value is -0.670. The molecule has 2 aliphatic carbocycles. The average Bonchev–Trinajstić information content (AvgIpc) is 2.19. The number of fused-ring (bicyclic) bond motifs is 1. The van der Waals surface area contributed by atoms with Crippen LogP contribution in [0.2, 0.25) is 0 Å². The van der Waals surface area contributed by atoms with Crippen molar-refractivity contribution in [3.05, 3.63) is 11.6 Å². The van der Waals surface area contributed by atoms with Crippen LogP contribution in [-0.2, 0) is 4.79 Å². The van der Waals surface area contributed by atoms with Gasteiger partial charge in [-0.05, 0) is 44.1 Å². The highest BCUT2D eigenvalue weighted by Gasteiger charge is 2.49. The van der Waals surface area contributed by atoms with E-state index in [1.54, 1.807) is 19.9 Å². The van der Waals surface area contributed by atoms with Gasteiger partial charge in [-0.3, -0.25) is 4.79 Å². The topological polar surface area (TPSA) is 57.5 Å². The fourth-order valence-corrected chi connectivity index (χ4v) is 3.57. The first-order valence-corrected chi connectivity index (χ1v) is 6.79. The van der Waals surface area contributed by atoms with Crippen LogP contribution >= 0.6 is 0 Å². The number of hydrogen-bond donors (Lipinski definition) is 2. The zero-order valence-corrected chi connectivity index (χ0v) is 11.7. The van der Waals surface area contributed by atoms with Crippen LogP contribution in [0.3, 0.4) is 0 Å². The molecule has 0 amide bonds. The Balaban J connectivity index is 2.36. The molecule has 2 rings (SSSR count). The summed E-state index contributed by atoms with van der Waals surface area (Å²) in [5.41, 5.74) is 0.131. The summed E-state index contributed by atoms with van der Waals surface area (Å²) in [6.07, 6.45) is 3.01. The molecular weight excluding hydrogens is 228 g/mol. The van der Waals surface area contributed by atoms with Gasteiger partial charge < -0.3 is 10.2 Å². The van der Waals surface area contributed by atoms with Crippen LogP contribution in [0.15, 0.2) is 11.6 Å². The summed E-state index contributed by atoms with van der Waals surface area (Å²) in [5, 5.41) is 20.4. The molecule has 0 saturated heterocycles. The van der Waals surface area contributed by atoms with Gasteiger partial charge in [0.1, 0.15) is 0 Å². The second-order valence-corrected chi connectivity index (χ2v) is 6.89. The third-order valence-electron chi connectivity index (χ3n) is 5.11. The van der Waals surface area contributed by atoms with Gasteiger partial charge in [0.25, 0.3) is 0 Å². The van der Waals surface area contributed by atoms with Crippen LogP contribution < -0.4 is 0 Å². The third-order valence-corrected chi connectivity index (χ3v) is 5.11. The van der Waals surface area contributed by atoms with Gasteiger partial charge >= 0.3 is 0 Å². The molecule has 0 heterocycles. The van der Waals surface area contributed by atoms with E-state index in [0.29, 0.717) is 12.8 Å². The lowest BCUT2D eigenvalue weighted by Gasteiger charge is -2.51. The molecule has 1 fully saturated rings. The zero-order valence-electron chi connectivity index (χ0n) is 11.7. The van der Waals surface area contributed by atoms with Crippen molar-refractivity contribution in [2.24, 2.45) is 17.3 Å². The van der Waals surface area contributed by atoms with E-state index in [1.165, 1.54) is 0 Å². The van der Waals surface area contributed by atoms with E-state index < -0.39 is 11.7 Å². The first-order chi connectivity index (χ1) is 8.14. The number of rotatable bonds is 1. The second kappa shape index (κ2) is 4.17. The van der Waals surface area contributed by atoms with Gasteiger partial charge in [0.15, 0.2) is 5.78 Å². The van der Waals surface area contributed by atoms with E-state index >= 15 is 0 Å². The first-order valence-electron chi connectivity index (χ1n) is 6.79. The monoisotopic (exact) mass is 252 g/mol. The highest BCUT2D eigenvalue weighted by atomic mass is 16.3. The molecule has 0 spiro atoms. The minimum absolute atomic E-state index is 0.0577. The molecule has 0 bridgehead atoms. The number of ketones is 1. The molecule has 0 aliphatic heterocycles. The van der Waals surface area contributed by atoms with Crippen LogP contribution in [0.25, 0.3) is 0 Å². The fourth-order valence-electron chi connectivity index (χ4n) is 3.57. The normalized spacial score (nSPS) is 41.3. The highest BCUT2D eigenvalue weighted by molar-refractivity contribution is 5.92. The van der Waals surface area contributed by atoms with Gasteiger partial charge in [-0.25, -0.2) is 0 Å². The predicted molar refractivity (Wildman–Crippen MR) is 70.0 cm³/mol.